The molecular formula is C16H22N4O. The van der Waals surface area contributed by atoms with Crippen LogP contribution in [0.2, 0.25) is 0 Å². The number of rotatable bonds is 2. The van der Waals surface area contributed by atoms with Crippen LogP contribution in [0.4, 0.5) is 5.69 Å². The number of nitrogen functional groups attached to an aromatic ring is 1. The molecule has 1 aromatic carbocycles. The molecule has 1 amide bonds. The number of hydrogen-bond acceptors (Lipinski definition) is 3. The Balaban J connectivity index is 1.80. The predicted molar refractivity (Wildman–Crippen MR) is 85.3 cm³/mol. The van der Waals surface area contributed by atoms with Crippen molar-refractivity contribution >= 4 is 22.5 Å². The number of carbonyl (C=O) groups is 1. The van der Waals surface area contributed by atoms with Crippen molar-refractivity contribution in [1.29, 1.82) is 0 Å². The summed E-state index contributed by atoms with van der Waals surface area (Å²) in [5.74, 6) is 0.0928. The van der Waals surface area contributed by atoms with Gasteiger partial charge in [0, 0.05) is 55.0 Å². The molecule has 3 rings (SSSR count). The quantitative estimate of drug-likeness (QED) is 0.829. The second-order valence-electron chi connectivity index (χ2n) is 5.93. The van der Waals surface area contributed by atoms with Crippen LogP contribution in [0.3, 0.4) is 0 Å². The second-order valence-corrected chi connectivity index (χ2v) is 5.93. The Morgan fingerprint density at radius 3 is 2.62 bits per heavy atom. The van der Waals surface area contributed by atoms with Crippen molar-refractivity contribution in [1.82, 2.24) is 14.8 Å². The summed E-state index contributed by atoms with van der Waals surface area (Å²) in [4.78, 5) is 20.2. The fourth-order valence-electron chi connectivity index (χ4n) is 2.93. The molecule has 0 unspecified atom stereocenters. The molecule has 21 heavy (non-hydrogen) atoms. The number of H-pyrrole nitrogens is 1. The first-order valence-corrected chi connectivity index (χ1v) is 7.46. The van der Waals surface area contributed by atoms with Gasteiger partial charge >= 0.3 is 0 Å². The summed E-state index contributed by atoms with van der Waals surface area (Å²) in [5, 5.41) is 0.909. The third kappa shape index (κ3) is 2.61. The van der Waals surface area contributed by atoms with Crippen molar-refractivity contribution in [3.05, 3.63) is 30.0 Å². The lowest BCUT2D eigenvalue weighted by molar-refractivity contribution is 0.0597. The van der Waals surface area contributed by atoms with E-state index in [2.05, 4.69) is 23.7 Å². The number of aromatic amines is 1. The van der Waals surface area contributed by atoms with Crippen LogP contribution in [0.1, 0.15) is 24.2 Å². The van der Waals surface area contributed by atoms with Crippen LogP contribution < -0.4 is 5.73 Å². The number of carbonyl (C=O) groups excluding carboxylic acids is 1. The maximum Gasteiger partial charge on any atom is 0.256 e. The number of nitrogens with zero attached hydrogens (tertiary/aromatic N) is 2. The Kier molecular flexibility index (Phi) is 3.59. The number of amides is 1. The number of aromatic nitrogens is 1. The average molecular weight is 286 g/mol. The Morgan fingerprint density at radius 1 is 1.24 bits per heavy atom. The number of hydrogen-bond donors (Lipinski definition) is 2. The SMILES string of the molecule is CC(C)N1CCN(C(=O)c2c[nH]c3ccc(N)cc23)CC1. The monoisotopic (exact) mass is 286 g/mol. The lowest BCUT2D eigenvalue weighted by atomic mass is 10.1. The molecule has 5 heteroatoms. The lowest BCUT2D eigenvalue weighted by Crippen LogP contribution is -2.50. The van der Waals surface area contributed by atoms with E-state index < -0.39 is 0 Å². The molecular weight excluding hydrogens is 264 g/mol. The number of piperazine rings is 1. The third-order valence-electron chi connectivity index (χ3n) is 4.27. The molecule has 0 radical (unpaired) electrons. The molecule has 0 spiro atoms. The first-order valence-electron chi connectivity index (χ1n) is 7.46. The van der Waals surface area contributed by atoms with Gasteiger partial charge in [-0.15, -0.1) is 0 Å². The lowest BCUT2D eigenvalue weighted by Gasteiger charge is -2.36. The number of benzene rings is 1. The second kappa shape index (κ2) is 5.41. The van der Waals surface area contributed by atoms with E-state index in [1.807, 2.05) is 23.1 Å². The topological polar surface area (TPSA) is 65.4 Å². The summed E-state index contributed by atoms with van der Waals surface area (Å²) >= 11 is 0. The van der Waals surface area contributed by atoms with Crippen molar-refractivity contribution in [2.75, 3.05) is 31.9 Å². The van der Waals surface area contributed by atoms with E-state index in [0.717, 1.165) is 42.6 Å². The summed E-state index contributed by atoms with van der Waals surface area (Å²) in [6.45, 7) is 7.83. The van der Waals surface area contributed by atoms with Gasteiger partial charge in [-0.05, 0) is 32.0 Å². The zero-order chi connectivity index (χ0) is 15.0. The Bertz CT molecular complexity index is 653. The number of nitrogens with one attached hydrogen (secondary N) is 1. The molecule has 2 aromatic rings. The molecule has 0 saturated carbocycles. The maximum absolute atomic E-state index is 12.7. The molecule has 2 heterocycles. The molecule has 112 valence electrons. The van der Waals surface area contributed by atoms with Crippen LogP contribution in [0, 0.1) is 0 Å². The Morgan fingerprint density at radius 2 is 1.95 bits per heavy atom. The van der Waals surface area contributed by atoms with Gasteiger partial charge in [-0.25, -0.2) is 0 Å². The summed E-state index contributed by atoms with van der Waals surface area (Å²) < 4.78 is 0. The first kappa shape index (κ1) is 13.9. The van der Waals surface area contributed by atoms with Gasteiger partial charge in [0.05, 0.1) is 5.56 Å². The highest BCUT2D eigenvalue weighted by atomic mass is 16.2. The molecule has 1 aliphatic rings. The molecule has 1 aliphatic heterocycles. The highest BCUT2D eigenvalue weighted by molar-refractivity contribution is 6.07. The van der Waals surface area contributed by atoms with Crippen LogP contribution >= 0.6 is 0 Å². The Labute approximate surface area is 124 Å². The van der Waals surface area contributed by atoms with Gasteiger partial charge in [-0.3, -0.25) is 9.69 Å². The third-order valence-corrected chi connectivity index (χ3v) is 4.27. The first-order chi connectivity index (χ1) is 10.1. The highest BCUT2D eigenvalue weighted by Crippen LogP contribution is 2.22. The van der Waals surface area contributed by atoms with Gasteiger partial charge in [0.2, 0.25) is 0 Å². The molecule has 0 aliphatic carbocycles. The van der Waals surface area contributed by atoms with E-state index in [-0.39, 0.29) is 5.91 Å². The smallest absolute Gasteiger partial charge is 0.256 e. The average Bonchev–Trinajstić information content (AvgIpc) is 2.89. The van der Waals surface area contributed by atoms with E-state index in [0.29, 0.717) is 11.7 Å². The largest absolute Gasteiger partial charge is 0.399 e. The highest BCUT2D eigenvalue weighted by Gasteiger charge is 2.24. The van der Waals surface area contributed by atoms with Crippen LogP contribution in [0.25, 0.3) is 10.9 Å². The van der Waals surface area contributed by atoms with E-state index in [1.165, 1.54) is 0 Å². The van der Waals surface area contributed by atoms with E-state index in [9.17, 15) is 4.79 Å². The van der Waals surface area contributed by atoms with Crippen LogP contribution in [-0.2, 0) is 0 Å². The Hall–Kier alpha value is -2.01. The van der Waals surface area contributed by atoms with Crippen molar-refractivity contribution in [3.63, 3.8) is 0 Å². The van der Waals surface area contributed by atoms with Crippen LogP contribution in [-0.4, -0.2) is 52.9 Å². The van der Waals surface area contributed by atoms with Crippen LogP contribution in [0.15, 0.2) is 24.4 Å². The number of anilines is 1. The summed E-state index contributed by atoms with van der Waals surface area (Å²) in [5.41, 5.74) is 8.19. The zero-order valence-corrected chi connectivity index (χ0v) is 12.6. The zero-order valence-electron chi connectivity index (χ0n) is 12.6. The van der Waals surface area contributed by atoms with Crippen molar-refractivity contribution < 1.29 is 4.79 Å². The van der Waals surface area contributed by atoms with Gasteiger partial charge in [0.1, 0.15) is 0 Å². The van der Waals surface area contributed by atoms with Gasteiger partial charge in [-0.2, -0.15) is 0 Å². The van der Waals surface area contributed by atoms with Crippen molar-refractivity contribution in [3.8, 4) is 0 Å². The van der Waals surface area contributed by atoms with E-state index in [4.69, 9.17) is 5.73 Å². The fourth-order valence-corrected chi connectivity index (χ4v) is 2.93. The van der Waals surface area contributed by atoms with Crippen molar-refractivity contribution in [2.45, 2.75) is 19.9 Å². The van der Waals surface area contributed by atoms with Gasteiger partial charge in [0.25, 0.3) is 5.91 Å². The minimum absolute atomic E-state index is 0.0928. The molecule has 0 bridgehead atoms. The maximum atomic E-state index is 12.7. The standard InChI is InChI=1S/C16H22N4O/c1-11(2)19-5-7-20(8-6-19)16(21)14-10-18-15-4-3-12(17)9-13(14)15/h3-4,9-11,18H,5-8,17H2,1-2H3. The minimum atomic E-state index is 0.0928. The van der Waals surface area contributed by atoms with E-state index in [1.54, 1.807) is 6.20 Å². The molecule has 1 aromatic heterocycles. The van der Waals surface area contributed by atoms with Gasteiger partial charge < -0.3 is 15.6 Å². The fraction of sp³-hybridized carbons (Fsp3) is 0.438. The molecule has 1 fully saturated rings. The summed E-state index contributed by atoms with van der Waals surface area (Å²) in [6, 6.07) is 6.16. The minimum Gasteiger partial charge on any atom is -0.399 e. The van der Waals surface area contributed by atoms with Gasteiger partial charge in [0.15, 0.2) is 0 Å². The van der Waals surface area contributed by atoms with Gasteiger partial charge in [-0.1, -0.05) is 0 Å². The molecule has 0 atom stereocenters. The number of fused-ring (bicyclic) bond motifs is 1. The summed E-state index contributed by atoms with van der Waals surface area (Å²) in [6.07, 6.45) is 1.79. The summed E-state index contributed by atoms with van der Waals surface area (Å²) in [7, 11) is 0. The predicted octanol–water partition coefficient (Wildman–Crippen LogP) is 1.92. The molecule has 3 N–H and O–H groups in total. The molecule has 1 saturated heterocycles. The van der Waals surface area contributed by atoms with E-state index >= 15 is 0 Å². The molecule has 5 nitrogen and oxygen atoms in total. The van der Waals surface area contributed by atoms with Crippen molar-refractivity contribution in [2.24, 2.45) is 0 Å². The number of nitrogens with two attached hydrogens (primary N) is 1. The normalized spacial score (nSPS) is 16.8. The van der Waals surface area contributed by atoms with Crippen LogP contribution in [0.5, 0.6) is 0 Å².